The highest BCUT2D eigenvalue weighted by atomic mass is 35.5. The molecule has 1 aliphatic heterocycles. The maximum absolute atomic E-state index is 12.5. The fraction of sp³-hybridized carbons (Fsp3) is 0.462. The molecule has 0 saturated carbocycles. The van der Waals surface area contributed by atoms with E-state index in [0.29, 0.717) is 19.0 Å². The molecule has 0 aliphatic carbocycles. The lowest BCUT2D eigenvalue weighted by Crippen LogP contribution is -2.30. The van der Waals surface area contributed by atoms with Gasteiger partial charge in [0.1, 0.15) is 6.07 Å². The molecule has 0 spiro atoms. The molecule has 1 heterocycles. The Labute approximate surface area is 124 Å². The number of benzene rings is 1. The van der Waals surface area contributed by atoms with Crippen LogP contribution in [0, 0.1) is 17.2 Å². The lowest BCUT2D eigenvalue weighted by Gasteiger charge is -2.17. The van der Waals surface area contributed by atoms with Crippen LogP contribution in [0.5, 0.6) is 0 Å². The van der Waals surface area contributed by atoms with E-state index in [1.54, 1.807) is 0 Å². The second kappa shape index (κ2) is 6.10. The lowest BCUT2D eigenvalue weighted by atomic mass is 10.1. The predicted octanol–water partition coefficient (Wildman–Crippen LogP) is 1.44. The second-order valence-electron chi connectivity index (χ2n) is 4.83. The monoisotopic (exact) mass is 313 g/mol. The molecular formula is C13H16ClN3O2S. The van der Waals surface area contributed by atoms with Gasteiger partial charge < -0.3 is 5.32 Å². The van der Waals surface area contributed by atoms with E-state index in [-0.39, 0.29) is 15.5 Å². The number of hydrogen-bond donors (Lipinski definition) is 1. The normalized spacial score (nSPS) is 19.9. The Morgan fingerprint density at radius 1 is 1.55 bits per heavy atom. The van der Waals surface area contributed by atoms with Crippen LogP contribution in [0.3, 0.4) is 0 Å². The summed E-state index contributed by atoms with van der Waals surface area (Å²) in [6, 6.07) is 6.14. The highest BCUT2D eigenvalue weighted by molar-refractivity contribution is 7.89. The molecular weight excluding hydrogens is 298 g/mol. The summed E-state index contributed by atoms with van der Waals surface area (Å²) < 4.78 is 26.5. The van der Waals surface area contributed by atoms with Crippen LogP contribution in [0.25, 0.3) is 0 Å². The fourth-order valence-electron chi connectivity index (χ4n) is 2.37. The summed E-state index contributed by atoms with van der Waals surface area (Å²) in [6.07, 6.45) is 0.846. The third-order valence-corrected chi connectivity index (χ3v) is 5.63. The van der Waals surface area contributed by atoms with Crippen molar-refractivity contribution in [3.05, 3.63) is 28.8 Å². The summed E-state index contributed by atoms with van der Waals surface area (Å²) in [5, 5.41) is 12.3. The van der Waals surface area contributed by atoms with E-state index in [4.69, 9.17) is 16.9 Å². The number of nitriles is 1. The molecule has 1 atom stereocenters. The Hall–Kier alpha value is -1.13. The van der Waals surface area contributed by atoms with Crippen molar-refractivity contribution in [2.45, 2.75) is 11.3 Å². The fourth-order valence-corrected chi connectivity index (χ4v) is 4.09. The molecule has 0 bridgehead atoms. The molecule has 20 heavy (non-hydrogen) atoms. The van der Waals surface area contributed by atoms with Gasteiger partial charge >= 0.3 is 0 Å². The SMILES string of the molecule is CNCC1CCN(S(=O)(=O)c2ccc(Cl)c(C#N)c2)C1. The summed E-state index contributed by atoms with van der Waals surface area (Å²) in [6.45, 7) is 1.82. The molecule has 0 aromatic heterocycles. The Bertz CT molecular complexity index is 640. The quantitative estimate of drug-likeness (QED) is 0.913. The maximum Gasteiger partial charge on any atom is 0.243 e. The van der Waals surface area contributed by atoms with E-state index in [1.165, 1.54) is 22.5 Å². The van der Waals surface area contributed by atoms with Crippen LogP contribution in [0.4, 0.5) is 0 Å². The molecule has 1 aromatic carbocycles. The van der Waals surface area contributed by atoms with Crippen molar-refractivity contribution in [1.29, 1.82) is 5.26 Å². The molecule has 1 aliphatic rings. The van der Waals surface area contributed by atoms with Gasteiger partial charge in [-0.3, -0.25) is 0 Å². The maximum atomic E-state index is 12.5. The van der Waals surface area contributed by atoms with E-state index in [0.717, 1.165) is 13.0 Å². The third kappa shape index (κ3) is 2.96. The largest absolute Gasteiger partial charge is 0.319 e. The molecule has 5 nitrogen and oxygen atoms in total. The minimum Gasteiger partial charge on any atom is -0.319 e. The first-order valence-corrected chi connectivity index (χ1v) is 8.15. The Morgan fingerprint density at radius 3 is 2.95 bits per heavy atom. The van der Waals surface area contributed by atoms with Crippen LogP contribution >= 0.6 is 11.6 Å². The van der Waals surface area contributed by atoms with Crippen molar-refractivity contribution < 1.29 is 8.42 Å². The first kappa shape index (κ1) is 15.3. The van der Waals surface area contributed by atoms with Gasteiger partial charge in [0.25, 0.3) is 0 Å². The molecule has 1 unspecified atom stereocenters. The smallest absolute Gasteiger partial charge is 0.243 e. The summed E-state index contributed by atoms with van der Waals surface area (Å²) in [4.78, 5) is 0.128. The van der Waals surface area contributed by atoms with Gasteiger partial charge in [-0.25, -0.2) is 8.42 Å². The molecule has 1 N–H and O–H groups in total. The van der Waals surface area contributed by atoms with Crippen LogP contribution in [0.1, 0.15) is 12.0 Å². The van der Waals surface area contributed by atoms with Crippen LogP contribution in [-0.4, -0.2) is 39.4 Å². The van der Waals surface area contributed by atoms with E-state index in [1.807, 2.05) is 13.1 Å². The van der Waals surface area contributed by atoms with Crippen LogP contribution in [-0.2, 0) is 10.0 Å². The molecule has 108 valence electrons. The van der Waals surface area contributed by atoms with Gasteiger partial charge in [0.15, 0.2) is 0 Å². The van der Waals surface area contributed by atoms with E-state index in [2.05, 4.69) is 5.32 Å². The summed E-state index contributed by atoms with van der Waals surface area (Å²) >= 11 is 5.83. The Kier molecular flexibility index (Phi) is 4.66. The van der Waals surface area contributed by atoms with Crippen molar-refractivity contribution in [3.8, 4) is 6.07 Å². The number of hydrogen-bond acceptors (Lipinski definition) is 4. The number of nitrogens with one attached hydrogen (secondary N) is 1. The molecule has 1 saturated heterocycles. The second-order valence-corrected chi connectivity index (χ2v) is 7.17. The van der Waals surface area contributed by atoms with Crippen LogP contribution < -0.4 is 5.32 Å². The standard InChI is InChI=1S/C13H16ClN3O2S/c1-16-8-10-4-5-17(9-10)20(18,19)12-2-3-13(14)11(6-12)7-15/h2-3,6,10,16H,4-5,8-9H2,1H3. The average Bonchev–Trinajstić information content (AvgIpc) is 2.89. The first-order chi connectivity index (χ1) is 9.48. The Balaban J connectivity index is 2.26. The molecule has 0 radical (unpaired) electrons. The van der Waals surface area contributed by atoms with Crippen molar-refractivity contribution in [1.82, 2.24) is 9.62 Å². The molecule has 1 fully saturated rings. The summed E-state index contributed by atoms with van der Waals surface area (Å²) in [7, 11) is -1.69. The molecule has 2 rings (SSSR count). The zero-order chi connectivity index (χ0) is 14.8. The van der Waals surface area contributed by atoms with Gasteiger partial charge in [0.05, 0.1) is 15.5 Å². The Morgan fingerprint density at radius 2 is 2.30 bits per heavy atom. The topological polar surface area (TPSA) is 73.2 Å². The summed E-state index contributed by atoms with van der Waals surface area (Å²) in [5.41, 5.74) is 0.179. The summed E-state index contributed by atoms with van der Waals surface area (Å²) in [5.74, 6) is 0.331. The third-order valence-electron chi connectivity index (χ3n) is 3.44. The van der Waals surface area contributed by atoms with Crippen LogP contribution in [0.15, 0.2) is 23.1 Å². The minimum atomic E-state index is -3.54. The average molecular weight is 314 g/mol. The van der Waals surface area contributed by atoms with Crippen molar-refractivity contribution in [3.63, 3.8) is 0 Å². The number of nitrogens with zero attached hydrogens (tertiary/aromatic N) is 2. The zero-order valence-corrected chi connectivity index (χ0v) is 12.7. The molecule has 1 aromatic rings. The van der Waals surface area contributed by atoms with E-state index >= 15 is 0 Å². The number of rotatable bonds is 4. The van der Waals surface area contributed by atoms with Gasteiger partial charge in [-0.2, -0.15) is 9.57 Å². The number of halogens is 1. The van der Waals surface area contributed by atoms with E-state index in [9.17, 15) is 8.42 Å². The van der Waals surface area contributed by atoms with Crippen molar-refractivity contribution in [2.24, 2.45) is 5.92 Å². The van der Waals surface area contributed by atoms with Gasteiger partial charge in [0.2, 0.25) is 10.0 Å². The van der Waals surface area contributed by atoms with Gasteiger partial charge in [-0.1, -0.05) is 11.6 Å². The highest BCUT2D eigenvalue weighted by Gasteiger charge is 2.32. The van der Waals surface area contributed by atoms with E-state index < -0.39 is 10.0 Å². The minimum absolute atomic E-state index is 0.128. The zero-order valence-electron chi connectivity index (χ0n) is 11.1. The molecule has 7 heteroatoms. The van der Waals surface area contributed by atoms with Crippen LogP contribution in [0.2, 0.25) is 5.02 Å². The predicted molar refractivity (Wildman–Crippen MR) is 77.0 cm³/mol. The van der Waals surface area contributed by atoms with Gasteiger partial charge in [0, 0.05) is 13.1 Å². The van der Waals surface area contributed by atoms with Crippen molar-refractivity contribution >= 4 is 21.6 Å². The first-order valence-electron chi connectivity index (χ1n) is 6.33. The van der Waals surface area contributed by atoms with Gasteiger partial charge in [-0.05, 0) is 44.1 Å². The van der Waals surface area contributed by atoms with Gasteiger partial charge in [-0.15, -0.1) is 0 Å². The van der Waals surface area contributed by atoms with Crippen molar-refractivity contribution in [2.75, 3.05) is 26.7 Å². The molecule has 0 amide bonds. The number of sulfonamides is 1. The lowest BCUT2D eigenvalue weighted by molar-refractivity contribution is 0.451. The highest BCUT2D eigenvalue weighted by Crippen LogP contribution is 2.26.